The van der Waals surface area contributed by atoms with Crippen LogP contribution >= 0.6 is 0 Å². The van der Waals surface area contributed by atoms with Crippen LogP contribution in [0.15, 0.2) is 47.8 Å². The van der Waals surface area contributed by atoms with Gasteiger partial charge in [-0.25, -0.2) is 19.6 Å². The highest BCUT2D eigenvalue weighted by Gasteiger charge is 2.11. The molecule has 4 rings (SSSR count). The first-order valence-corrected chi connectivity index (χ1v) is 7.51. The summed E-state index contributed by atoms with van der Waals surface area (Å²) in [5.74, 6) is 0.431. The fourth-order valence-corrected chi connectivity index (χ4v) is 2.34. The molecule has 0 spiro atoms. The Bertz CT molecular complexity index is 1020. The fourth-order valence-electron chi connectivity index (χ4n) is 2.34. The molecule has 0 aliphatic rings. The van der Waals surface area contributed by atoms with Crippen LogP contribution in [0.2, 0.25) is 0 Å². The predicted molar refractivity (Wildman–Crippen MR) is 86.9 cm³/mol. The second-order valence-electron chi connectivity index (χ2n) is 5.39. The van der Waals surface area contributed by atoms with Gasteiger partial charge in [-0.2, -0.15) is 5.10 Å². The van der Waals surface area contributed by atoms with Crippen molar-refractivity contribution in [3.63, 3.8) is 0 Å². The number of amides is 1. The van der Waals surface area contributed by atoms with Gasteiger partial charge in [0.15, 0.2) is 5.82 Å². The molecule has 9 nitrogen and oxygen atoms in total. The molecule has 0 aliphatic heterocycles. The summed E-state index contributed by atoms with van der Waals surface area (Å²) >= 11 is 0. The van der Waals surface area contributed by atoms with Crippen molar-refractivity contribution in [2.75, 3.05) is 0 Å². The zero-order chi connectivity index (χ0) is 17.2. The maximum absolute atomic E-state index is 12.3. The molecule has 4 heterocycles. The maximum Gasteiger partial charge on any atom is 0.257 e. The van der Waals surface area contributed by atoms with Gasteiger partial charge in [-0.3, -0.25) is 4.79 Å². The Morgan fingerprint density at radius 1 is 1.28 bits per heavy atom. The molecule has 124 valence electrons. The molecular formula is C16H13N7O2. The second kappa shape index (κ2) is 6.11. The number of rotatable bonds is 4. The van der Waals surface area contributed by atoms with Gasteiger partial charge in [-0.15, -0.1) is 0 Å². The first-order chi connectivity index (χ1) is 12.2. The van der Waals surface area contributed by atoms with E-state index < -0.39 is 0 Å². The van der Waals surface area contributed by atoms with Gasteiger partial charge in [0.05, 0.1) is 16.6 Å². The lowest BCUT2D eigenvalue weighted by Crippen LogP contribution is -2.23. The van der Waals surface area contributed by atoms with E-state index in [1.165, 1.54) is 12.5 Å². The van der Waals surface area contributed by atoms with Gasteiger partial charge in [0, 0.05) is 18.9 Å². The second-order valence-corrected chi connectivity index (χ2v) is 5.39. The monoisotopic (exact) mass is 335 g/mol. The number of nitrogens with one attached hydrogen (secondary N) is 1. The first-order valence-electron chi connectivity index (χ1n) is 7.51. The molecule has 0 radical (unpaired) electrons. The van der Waals surface area contributed by atoms with E-state index >= 15 is 0 Å². The van der Waals surface area contributed by atoms with E-state index in [0.29, 0.717) is 29.3 Å². The van der Waals surface area contributed by atoms with Crippen LogP contribution in [-0.2, 0) is 6.54 Å². The summed E-state index contributed by atoms with van der Waals surface area (Å²) < 4.78 is 6.60. The Kier molecular flexibility index (Phi) is 3.65. The van der Waals surface area contributed by atoms with Crippen LogP contribution in [0.3, 0.4) is 0 Å². The minimum absolute atomic E-state index is 0.227. The summed E-state index contributed by atoms with van der Waals surface area (Å²) in [4.78, 5) is 24.6. The topological polar surface area (TPSA) is 112 Å². The Balaban J connectivity index is 1.44. The van der Waals surface area contributed by atoms with E-state index in [1.807, 2.05) is 12.1 Å². The SMILES string of the molecule is Cc1noc2ncc(C(=O)NCc3ccc(-n4cncn4)nc3)cc12. The number of hydrogen-bond donors (Lipinski definition) is 1. The normalized spacial score (nSPS) is 10.9. The third kappa shape index (κ3) is 2.94. The third-order valence-corrected chi connectivity index (χ3v) is 3.69. The van der Waals surface area contributed by atoms with Gasteiger partial charge in [-0.05, 0) is 24.6 Å². The van der Waals surface area contributed by atoms with Crippen molar-refractivity contribution >= 4 is 17.0 Å². The summed E-state index contributed by atoms with van der Waals surface area (Å²) in [5, 5.41) is 11.4. The highest BCUT2D eigenvalue weighted by molar-refractivity contribution is 5.96. The number of aromatic nitrogens is 6. The van der Waals surface area contributed by atoms with Gasteiger partial charge in [0.1, 0.15) is 12.7 Å². The minimum atomic E-state index is -0.227. The number of nitrogens with zero attached hydrogens (tertiary/aromatic N) is 6. The van der Waals surface area contributed by atoms with E-state index in [4.69, 9.17) is 4.52 Å². The third-order valence-electron chi connectivity index (χ3n) is 3.69. The van der Waals surface area contributed by atoms with Crippen molar-refractivity contribution in [1.82, 2.24) is 35.2 Å². The number of carbonyl (C=O) groups is 1. The molecule has 1 N–H and O–H groups in total. The highest BCUT2D eigenvalue weighted by atomic mass is 16.5. The molecule has 0 aliphatic carbocycles. The number of pyridine rings is 2. The summed E-state index contributed by atoms with van der Waals surface area (Å²) in [6, 6.07) is 5.40. The van der Waals surface area contributed by atoms with Crippen LogP contribution in [-0.4, -0.2) is 35.8 Å². The molecule has 0 atom stereocenters. The van der Waals surface area contributed by atoms with Gasteiger partial charge in [0.2, 0.25) is 0 Å². The summed E-state index contributed by atoms with van der Waals surface area (Å²) in [6.45, 7) is 2.15. The van der Waals surface area contributed by atoms with Crippen molar-refractivity contribution in [3.05, 3.63) is 60.1 Å². The molecular weight excluding hydrogens is 322 g/mol. The largest absolute Gasteiger partial charge is 0.348 e. The lowest BCUT2D eigenvalue weighted by molar-refractivity contribution is 0.0950. The van der Waals surface area contributed by atoms with Crippen LogP contribution < -0.4 is 5.32 Å². The van der Waals surface area contributed by atoms with E-state index in [-0.39, 0.29) is 5.91 Å². The Labute approximate surface area is 141 Å². The Hall–Kier alpha value is -3.62. The fraction of sp³-hybridized carbons (Fsp3) is 0.125. The number of carbonyl (C=O) groups excluding carboxylic acids is 1. The van der Waals surface area contributed by atoms with Crippen LogP contribution in [0, 0.1) is 6.92 Å². The minimum Gasteiger partial charge on any atom is -0.348 e. The molecule has 1 amide bonds. The molecule has 4 aromatic heterocycles. The molecule has 0 fully saturated rings. The van der Waals surface area contributed by atoms with E-state index in [2.05, 4.69) is 30.5 Å². The van der Waals surface area contributed by atoms with Crippen LogP contribution in [0.1, 0.15) is 21.6 Å². The number of hydrogen-bond acceptors (Lipinski definition) is 7. The van der Waals surface area contributed by atoms with Gasteiger partial charge < -0.3 is 9.84 Å². The number of fused-ring (bicyclic) bond motifs is 1. The molecule has 0 unspecified atom stereocenters. The van der Waals surface area contributed by atoms with E-state index in [1.54, 1.807) is 30.2 Å². The average Bonchev–Trinajstić information content (AvgIpc) is 3.30. The average molecular weight is 335 g/mol. The quantitative estimate of drug-likeness (QED) is 0.600. The molecule has 4 aromatic rings. The summed E-state index contributed by atoms with van der Waals surface area (Å²) in [6.07, 6.45) is 6.16. The van der Waals surface area contributed by atoms with Gasteiger partial charge in [0.25, 0.3) is 11.6 Å². The maximum atomic E-state index is 12.3. The molecule has 0 bridgehead atoms. The van der Waals surface area contributed by atoms with Crippen LogP contribution in [0.4, 0.5) is 0 Å². The predicted octanol–water partition coefficient (Wildman–Crippen LogP) is 1.44. The van der Waals surface area contributed by atoms with Crippen molar-refractivity contribution in [2.45, 2.75) is 13.5 Å². The molecule has 9 heteroatoms. The van der Waals surface area contributed by atoms with Crippen molar-refractivity contribution in [3.8, 4) is 5.82 Å². The van der Waals surface area contributed by atoms with E-state index in [0.717, 1.165) is 10.9 Å². The summed E-state index contributed by atoms with van der Waals surface area (Å²) in [5.41, 5.74) is 2.44. The molecule has 0 saturated heterocycles. The van der Waals surface area contributed by atoms with Gasteiger partial charge >= 0.3 is 0 Å². The lowest BCUT2D eigenvalue weighted by Gasteiger charge is -2.06. The first kappa shape index (κ1) is 14.9. The van der Waals surface area contributed by atoms with Crippen molar-refractivity contribution in [1.29, 1.82) is 0 Å². The Morgan fingerprint density at radius 2 is 2.20 bits per heavy atom. The standard InChI is InChI=1S/C16H13N7O2/c1-10-13-4-12(7-20-16(13)25-22-10)15(24)19-6-11-2-3-14(18-5-11)23-9-17-8-21-23/h2-5,7-9H,6H2,1H3,(H,19,24). The molecule has 0 saturated carbocycles. The number of aryl methyl sites for hydroxylation is 1. The summed E-state index contributed by atoms with van der Waals surface area (Å²) in [7, 11) is 0. The zero-order valence-corrected chi connectivity index (χ0v) is 13.2. The van der Waals surface area contributed by atoms with Crippen molar-refractivity contribution < 1.29 is 9.32 Å². The lowest BCUT2D eigenvalue weighted by atomic mass is 10.2. The smallest absolute Gasteiger partial charge is 0.257 e. The molecule has 25 heavy (non-hydrogen) atoms. The highest BCUT2D eigenvalue weighted by Crippen LogP contribution is 2.16. The van der Waals surface area contributed by atoms with E-state index in [9.17, 15) is 4.79 Å². The van der Waals surface area contributed by atoms with Gasteiger partial charge in [-0.1, -0.05) is 11.2 Å². The van der Waals surface area contributed by atoms with Crippen LogP contribution in [0.5, 0.6) is 0 Å². The zero-order valence-electron chi connectivity index (χ0n) is 13.2. The van der Waals surface area contributed by atoms with Crippen LogP contribution in [0.25, 0.3) is 16.9 Å². The Morgan fingerprint density at radius 3 is 2.96 bits per heavy atom. The molecule has 0 aromatic carbocycles. The van der Waals surface area contributed by atoms with Crippen molar-refractivity contribution in [2.24, 2.45) is 0 Å².